The lowest BCUT2D eigenvalue weighted by molar-refractivity contribution is -0.871. The van der Waals surface area contributed by atoms with Crippen LogP contribution in [0.25, 0.3) is 0 Å². The molecule has 1 unspecified atom stereocenters. The molecular formula is C21H27N2O4S+. The fourth-order valence-corrected chi connectivity index (χ4v) is 4.01. The normalized spacial score (nSPS) is 14.4. The zero-order valence-electron chi connectivity index (χ0n) is 16.3. The van der Waals surface area contributed by atoms with Crippen molar-refractivity contribution in [3.8, 4) is 5.75 Å². The van der Waals surface area contributed by atoms with Gasteiger partial charge in [0.15, 0.2) is 6.54 Å². The number of rotatable bonds is 10. The number of amides is 1. The van der Waals surface area contributed by atoms with Gasteiger partial charge in [0, 0.05) is 0 Å². The van der Waals surface area contributed by atoms with Crippen molar-refractivity contribution in [2.24, 2.45) is 0 Å². The first-order chi connectivity index (χ1) is 13.6. The van der Waals surface area contributed by atoms with Crippen molar-refractivity contribution >= 4 is 28.2 Å². The number of likely N-dealkylation sites (N-methyl/N-ethyl adjacent to an activating group) is 1. The van der Waals surface area contributed by atoms with Crippen LogP contribution in [0.4, 0.5) is 5.00 Å². The maximum Gasteiger partial charge on any atom is 0.341 e. The molecule has 6 nitrogen and oxygen atoms in total. The second-order valence-electron chi connectivity index (χ2n) is 6.98. The summed E-state index contributed by atoms with van der Waals surface area (Å²) in [6, 6.07) is 9.62. The smallest absolute Gasteiger partial charge is 0.341 e. The fraction of sp³-hybridized carbons (Fsp3) is 0.429. The van der Waals surface area contributed by atoms with E-state index in [2.05, 4.69) is 5.32 Å². The highest BCUT2D eigenvalue weighted by atomic mass is 32.1. The predicted octanol–water partition coefficient (Wildman–Crippen LogP) is 2.33. The van der Waals surface area contributed by atoms with Crippen LogP contribution in [0.3, 0.4) is 0 Å². The van der Waals surface area contributed by atoms with Gasteiger partial charge in [0.25, 0.3) is 5.91 Å². The summed E-state index contributed by atoms with van der Waals surface area (Å²) in [6.07, 6.45) is 2.18. The number of esters is 1. The lowest BCUT2D eigenvalue weighted by atomic mass is 10.1. The van der Waals surface area contributed by atoms with Gasteiger partial charge in [-0.1, -0.05) is 18.2 Å². The average molecular weight is 404 g/mol. The number of quaternary nitrogens is 1. The Kier molecular flexibility index (Phi) is 7.06. The molecule has 7 heteroatoms. The Morgan fingerprint density at radius 1 is 1.25 bits per heavy atom. The minimum atomic E-state index is -0.349. The molecule has 0 saturated heterocycles. The van der Waals surface area contributed by atoms with E-state index < -0.39 is 0 Å². The number of carbonyl (C=O) groups is 2. The van der Waals surface area contributed by atoms with Gasteiger partial charge in [-0.15, -0.1) is 11.3 Å². The molecular weight excluding hydrogens is 376 g/mol. The van der Waals surface area contributed by atoms with Gasteiger partial charge in [-0.05, 0) is 48.8 Å². The summed E-state index contributed by atoms with van der Waals surface area (Å²) >= 11 is 1.40. The van der Waals surface area contributed by atoms with Crippen LogP contribution in [0, 0.1) is 0 Å². The van der Waals surface area contributed by atoms with E-state index >= 15 is 0 Å². The van der Waals surface area contributed by atoms with Gasteiger partial charge in [-0.25, -0.2) is 4.79 Å². The summed E-state index contributed by atoms with van der Waals surface area (Å²) in [4.78, 5) is 25.9. The van der Waals surface area contributed by atoms with Gasteiger partial charge in [0.2, 0.25) is 0 Å². The number of anilines is 1. The Labute approximate surface area is 169 Å². The topological polar surface area (TPSA) is 69.1 Å². The van der Waals surface area contributed by atoms with Crippen molar-refractivity contribution in [3.05, 3.63) is 46.8 Å². The summed E-state index contributed by atoms with van der Waals surface area (Å²) in [5, 5.41) is 5.48. The Morgan fingerprint density at radius 2 is 2.00 bits per heavy atom. The third kappa shape index (κ3) is 5.56. The molecule has 1 aromatic heterocycles. The molecule has 1 saturated carbocycles. The summed E-state index contributed by atoms with van der Waals surface area (Å²) < 4.78 is 10.9. The molecule has 0 bridgehead atoms. The molecule has 1 aromatic carbocycles. The van der Waals surface area contributed by atoms with Crippen LogP contribution in [0.5, 0.6) is 5.75 Å². The van der Waals surface area contributed by atoms with Gasteiger partial charge < -0.3 is 19.7 Å². The summed E-state index contributed by atoms with van der Waals surface area (Å²) in [5.41, 5.74) is 1.54. The predicted molar refractivity (Wildman–Crippen MR) is 109 cm³/mol. The highest BCUT2D eigenvalue weighted by molar-refractivity contribution is 7.15. The molecule has 1 aliphatic rings. The molecule has 0 aliphatic heterocycles. The van der Waals surface area contributed by atoms with E-state index in [1.54, 1.807) is 6.92 Å². The van der Waals surface area contributed by atoms with E-state index in [4.69, 9.17) is 9.47 Å². The highest BCUT2D eigenvalue weighted by Crippen LogP contribution is 2.46. The Morgan fingerprint density at radius 3 is 2.68 bits per heavy atom. The van der Waals surface area contributed by atoms with E-state index in [1.165, 1.54) is 11.3 Å². The second-order valence-corrected chi connectivity index (χ2v) is 7.86. The zero-order valence-corrected chi connectivity index (χ0v) is 17.1. The van der Waals surface area contributed by atoms with Crippen LogP contribution < -0.4 is 15.0 Å². The van der Waals surface area contributed by atoms with Gasteiger partial charge in [-0.2, -0.15) is 0 Å². The number of nitrogens with one attached hydrogen (secondary N) is 2. The van der Waals surface area contributed by atoms with Gasteiger partial charge in [-0.3, -0.25) is 4.79 Å². The van der Waals surface area contributed by atoms with Crippen molar-refractivity contribution < 1.29 is 24.0 Å². The number of ether oxygens (including phenoxy) is 2. The highest BCUT2D eigenvalue weighted by Gasteiger charge is 2.32. The zero-order chi connectivity index (χ0) is 19.9. The van der Waals surface area contributed by atoms with E-state index in [-0.39, 0.29) is 11.9 Å². The van der Waals surface area contributed by atoms with E-state index in [1.807, 2.05) is 42.8 Å². The Bertz CT molecular complexity index is 802. The molecule has 1 amide bonds. The monoisotopic (exact) mass is 403 g/mol. The Hall–Kier alpha value is -2.38. The molecule has 1 fully saturated rings. The maximum absolute atomic E-state index is 12.5. The molecule has 0 radical (unpaired) electrons. The quantitative estimate of drug-likeness (QED) is 0.598. The van der Waals surface area contributed by atoms with Gasteiger partial charge >= 0.3 is 5.97 Å². The summed E-state index contributed by atoms with van der Waals surface area (Å²) in [6.45, 7) is 3.64. The number of para-hydroxylation sites is 1. The maximum atomic E-state index is 12.5. The van der Waals surface area contributed by atoms with Crippen LogP contribution in [0.1, 0.15) is 41.6 Å². The van der Waals surface area contributed by atoms with E-state index in [0.29, 0.717) is 42.8 Å². The van der Waals surface area contributed by atoms with E-state index in [9.17, 15) is 9.59 Å². The van der Waals surface area contributed by atoms with Gasteiger partial charge in [0.05, 0.1) is 19.2 Å². The molecule has 2 N–H and O–H groups in total. The molecule has 150 valence electrons. The molecule has 1 atom stereocenters. The van der Waals surface area contributed by atoms with Crippen molar-refractivity contribution in [1.29, 1.82) is 0 Å². The van der Waals surface area contributed by atoms with Crippen molar-refractivity contribution in [2.45, 2.75) is 25.7 Å². The van der Waals surface area contributed by atoms with Crippen molar-refractivity contribution in [3.63, 3.8) is 0 Å². The van der Waals surface area contributed by atoms with Gasteiger partial charge in [0.1, 0.15) is 23.9 Å². The van der Waals surface area contributed by atoms with Crippen LogP contribution in [-0.2, 0) is 9.53 Å². The van der Waals surface area contributed by atoms with Crippen LogP contribution >= 0.6 is 11.3 Å². The first-order valence-corrected chi connectivity index (χ1v) is 10.5. The number of thiophene rings is 1. The molecule has 2 aromatic rings. The first kappa shape index (κ1) is 20.4. The van der Waals surface area contributed by atoms with Crippen molar-refractivity contribution in [1.82, 2.24) is 0 Å². The summed E-state index contributed by atoms with van der Waals surface area (Å²) in [5.74, 6) is 0.777. The third-order valence-corrected chi connectivity index (χ3v) is 5.49. The lowest BCUT2D eigenvalue weighted by Gasteiger charge is -2.14. The lowest BCUT2D eigenvalue weighted by Crippen LogP contribution is -3.10. The standard InChI is InChI=1S/C21H26N2O4S/c1-3-26-21(25)19-17(15-9-10-15)14-28-20(19)22-18(24)13-23(2)11-12-27-16-7-5-4-6-8-16/h4-8,14-15H,3,9-13H2,1-2H3,(H,22,24)/p+1. The summed E-state index contributed by atoms with van der Waals surface area (Å²) in [7, 11) is 1.95. The SMILES string of the molecule is CCOC(=O)c1c(C2CC2)csc1NC(=O)C[NH+](C)CCOc1ccccc1. The first-order valence-electron chi connectivity index (χ1n) is 9.66. The van der Waals surface area contributed by atoms with E-state index in [0.717, 1.165) is 29.1 Å². The molecule has 28 heavy (non-hydrogen) atoms. The number of benzene rings is 1. The molecule has 3 rings (SSSR count). The largest absolute Gasteiger partial charge is 0.488 e. The van der Waals surface area contributed by atoms with Crippen LogP contribution in [0.2, 0.25) is 0 Å². The number of carbonyl (C=O) groups excluding carboxylic acids is 2. The average Bonchev–Trinajstić information content (AvgIpc) is 3.43. The Balaban J connectivity index is 1.52. The molecule has 0 spiro atoms. The number of hydrogen-bond donors (Lipinski definition) is 2. The third-order valence-electron chi connectivity index (χ3n) is 4.57. The molecule has 1 heterocycles. The van der Waals surface area contributed by atoms with Crippen LogP contribution in [0.15, 0.2) is 35.7 Å². The second kappa shape index (κ2) is 9.71. The van der Waals surface area contributed by atoms with Crippen molar-refractivity contribution in [2.75, 3.05) is 38.7 Å². The fourth-order valence-electron chi connectivity index (χ4n) is 2.96. The minimum Gasteiger partial charge on any atom is -0.488 e. The molecule has 1 aliphatic carbocycles. The van der Waals surface area contributed by atoms with Crippen LogP contribution in [-0.4, -0.2) is 45.2 Å². The minimum absolute atomic E-state index is 0.119. The number of hydrogen-bond acceptors (Lipinski definition) is 5.